The summed E-state index contributed by atoms with van der Waals surface area (Å²) in [4.78, 5) is 2.58. The molecule has 29 heavy (non-hydrogen) atoms. The third-order valence-corrected chi connectivity index (χ3v) is 5.81. The van der Waals surface area contributed by atoms with E-state index >= 15 is 0 Å². The number of likely N-dealkylation sites (tertiary alicyclic amines) is 1. The van der Waals surface area contributed by atoms with Crippen molar-refractivity contribution in [1.29, 1.82) is 0 Å². The van der Waals surface area contributed by atoms with Crippen LogP contribution in [0.5, 0.6) is 0 Å². The lowest BCUT2D eigenvalue weighted by Gasteiger charge is -2.36. The molecule has 0 amide bonds. The molecule has 4 rings (SSSR count). The van der Waals surface area contributed by atoms with Gasteiger partial charge in [-0.1, -0.05) is 72.8 Å². The molecule has 3 aromatic carbocycles. The smallest absolute Gasteiger partial charge is 0.0314 e. The molecule has 0 aliphatic carbocycles. The number of halogens is 2. The van der Waals surface area contributed by atoms with Crippen LogP contribution in [0.15, 0.2) is 84.9 Å². The zero-order chi connectivity index (χ0) is 18.5. The zero-order valence-electron chi connectivity index (χ0n) is 16.6. The minimum absolute atomic E-state index is 0. The molecule has 1 saturated heterocycles. The molecule has 1 aliphatic heterocycles. The Morgan fingerprint density at radius 1 is 0.724 bits per heavy atom. The molecule has 4 heteroatoms. The summed E-state index contributed by atoms with van der Waals surface area (Å²) in [7, 11) is 0. The van der Waals surface area contributed by atoms with Crippen LogP contribution in [0.3, 0.4) is 0 Å². The highest BCUT2D eigenvalue weighted by Crippen LogP contribution is 2.38. The summed E-state index contributed by atoms with van der Waals surface area (Å²) in [5, 5.41) is 0. The Kier molecular flexibility index (Phi) is 9.03. The summed E-state index contributed by atoms with van der Waals surface area (Å²) >= 11 is 0. The van der Waals surface area contributed by atoms with Gasteiger partial charge in [-0.25, -0.2) is 0 Å². The summed E-state index contributed by atoms with van der Waals surface area (Å²) < 4.78 is 0. The van der Waals surface area contributed by atoms with E-state index in [0.29, 0.717) is 11.8 Å². The summed E-state index contributed by atoms with van der Waals surface area (Å²) in [6.45, 7) is 3.34. The molecule has 0 spiro atoms. The second-order valence-corrected chi connectivity index (χ2v) is 7.65. The van der Waals surface area contributed by atoms with Crippen LogP contribution in [-0.2, 0) is 6.54 Å². The van der Waals surface area contributed by atoms with Gasteiger partial charge in [0.2, 0.25) is 0 Å². The first kappa shape index (κ1) is 23.3. The monoisotopic (exact) mass is 428 g/mol. The van der Waals surface area contributed by atoms with Crippen molar-refractivity contribution in [3.05, 3.63) is 102 Å². The summed E-state index contributed by atoms with van der Waals surface area (Å²) in [5.74, 6) is 1.18. The molecule has 3 aromatic rings. The number of benzene rings is 3. The van der Waals surface area contributed by atoms with E-state index in [1.165, 1.54) is 29.5 Å². The van der Waals surface area contributed by atoms with Crippen LogP contribution >= 0.6 is 24.8 Å². The second-order valence-electron chi connectivity index (χ2n) is 7.65. The van der Waals surface area contributed by atoms with Crippen LogP contribution in [0.4, 0.5) is 5.69 Å². The molecule has 0 saturated carbocycles. The van der Waals surface area contributed by atoms with Crippen molar-refractivity contribution in [2.45, 2.75) is 25.3 Å². The molecule has 1 heterocycles. The van der Waals surface area contributed by atoms with E-state index in [9.17, 15) is 0 Å². The molecule has 1 aliphatic rings. The van der Waals surface area contributed by atoms with Crippen molar-refractivity contribution >= 4 is 30.5 Å². The van der Waals surface area contributed by atoms with Gasteiger partial charge in [0.25, 0.3) is 0 Å². The third-order valence-electron chi connectivity index (χ3n) is 5.81. The van der Waals surface area contributed by atoms with Crippen LogP contribution in [0.2, 0.25) is 0 Å². The first-order chi connectivity index (χ1) is 13.3. The first-order valence-corrected chi connectivity index (χ1v) is 9.96. The molecule has 0 unspecified atom stereocenters. The van der Waals surface area contributed by atoms with Gasteiger partial charge in [-0.2, -0.15) is 0 Å². The van der Waals surface area contributed by atoms with Gasteiger partial charge < -0.3 is 5.73 Å². The van der Waals surface area contributed by atoms with E-state index in [-0.39, 0.29) is 24.8 Å². The quantitative estimate of drug-likeness (QED) is 0.493. The largest absolute Gasteiger partial charge is 0.399 e. The highest BCUT2D eigenvalue weighted by Gasteiger charge is 2.28. The van der Waals surface area contributed by atoms with Crippen LogP contribution < -0.4 is 5.73 Å². The maximum atomic E-state index is 5.81. The fourth-order valence-electron chi connectivity index (χ4n) is 4.38. The molecule has 2 nitrogen and oxygen atoms in total. The number of piperidine rings is 1. The molecule has 1 fully saturated rings. The van der Waals surface area contributed by atoms with Crippen LogP contribution in [0.1, 0.15) is 35.4 Å². The number of rotatable bonds is 5. The number of hydrogen-bond donors (Lipinski definition) is 1. The normalized spacial score (nSPS) is 14.8. The number of nitrogens with two attached hydrogens (primary N) is 1. The maximum absolute atomic E-state index is 5.81. The molecule has 0 bridgehead atoms. The van der Waals surface area contributed by atoms with Gasteiger partial charge in [0.05, 0.1) is 0 Å². The molecule has 0 atom stereocenters. The van der Waals surface area contributed by atoms with Crippen LogP contribution in [0.25, 0.3) is 0 Å². The number of nitrogens with zero attached hydrogens (tertiary/aromatic N) is 1. The second kappa shape index (κ2) is 11.3. The highest BCUT2D eigenvalue weighted by molar-refractivity contribution is 5.85. The van der Waals surface area contributed by atoms with Crippen LogP contribution in [0, 0.1) is 5.92 Å². The van der Waals surface area contributed by atoms with E-state index in [0.717, 1.165) is 25.3 Å². The molecule has 0 radical (unpaired) electrons. The van der Waals surface area contributed by atoms with E-state index in [1.54, 1.807) is 0 Å². The molecular formula is C25H30Cl2N2. The van der Waals surface area contributed by atoms with Gasteiger partial charge in [0, 0.05) is 18.2 Å². The van der Waals surface area contributed by atoms with Crippen molar-refractivity contribution in [2.24, 2.45) is 5.92 Å². The van der Waals surface area contributed by atoms with E-state index in [2.05, 4.69) is 77.7 Å². The first-order valence-electron chi connectivity index (χ1n) is 9.96. The highest BCUT2D eigenvalue weighted by atomic mass is 35.5. The lowest BCUT2D eigenvalue weighted by molar-refractivity contribution is 0.168. The number of anilines is 1. The Hall–Kier alpha value is -2.00. The standard InChI is InChI=1S/C25H28N2.2ClH/c26-24-13-11-20(12-14-24)19-27-17-15-23(16-18-27)25(21-7-3-1-4-8-21)22-9-5-2-6-10-22;;/h1-14,23,25H,15-19,26H2;2*1H. The van der Waals surface area contributed by atoms with Crippen molar-refractivity contribution in [3.8, 4) is 0 Å². The minimum Gasteiger partial charge on any atom is -0.399 e. The number of hydrogen-bond acceptors (Lipinski definition) is 2. The predicted molar refractivity (Wildman–Crippen MR) is 128 cm³/mol. The fraction of sp³-hybridized carbons (Fsp3) is 0.280. The van der Waals surface area contributed by atoms with Crippen molar-refractivity contribution in [2.75, 3.05) is 18.8 Å². The average Bonchev–Trinajstić information content (AvgIpc) is 2.73. The van der Waals surface area contributed by atoms with Gasteiger partial charge in [0.1, 0.15) is 0 Å². The lowest BCUT2D eigenvalue weighted by atomic mass is 9.76. The van der Waals surface area contributed by atoms with Gasteiger partial charge in [0.15, 0.2) is 0 Å². The van der Waals surface area contributed by atoms with Crippen molar-refractivity contribution < 1.29 is 0 Å². The van der Waals surface area contributed by atoms with Gasteiger partial charge in [-0.15, -0.1) is 24.8 Å². The van der Waals surface area contributed by atoms with Gasteiger partial charge >= 0.3 is 0 Å². The summed E-state index contributed by atoms with van der Waals surface area (Å²) in [6.07, 6.45) is 2.48. The van der Waals surface area contributed by atoms with Crippen molar-refractivity contribution in [3.63, 3.8) is 0 Å². The Balaban J connectivity index is 0.00000150. The minimum atomic E-state index is 0. The van der Waals surface area contributed by atoms with Gasteiger partial charge in [-0.05, 0) is 60.7 Å². The summed E-state index contributed by atoms with van der Waals surface area (Å²) in [5.41, 5.74) is 10.9. The van der Waals surface area contributed by atoms with Crippen LogP contribution in [-0.4, -0.2) is 18.0 Å². The SMILES string of the molecule is Cl.Cl.Nc1ccc(CN2CCC(C(c3ccccc3)c3ccccc3)CC2)cc1. The molecule has 2 N–H and O–H groups in total. The Bertz CT molecular complexity index is 790. The molecule has 0 aromatic heterocycles. The third kappa shape index (κ3) is 5.99. The Morgan fingerprint density at radius 3 is 1.69 bits per heavy atom. The summed E-state index contributed by atoms with van der Waals surface area (Å²) in [6, 6.07) is 30.4. The predicted octanol–water partition coefficient (Wildman–Crippen LogP) is 6.16. The molecular weight excluding hydrogens is 399 g/mol. The Labute approximate surface area is 187 Å². The van der Waals surface area contributed by atoms with Crippen molar-refractivity contribution in [1.82, 2.24) is 4.90 Å². The zero-order valence-corrected chi connectivity index (χ0v) is 18.2. The fourth-order valence-corrected chi connectivity index (χ4v) is 4.38. The maximum Gasteiger partial charge on any atom is 0.0314 e. The molecule has 154 valence electrons. The van der Waals surface area contributed by atoms with Gasteiger partial charge in [-0.3, -0.25) is 4.90 Å². The topological polar surface area (TPSA) is 29.3 Å². The van der Waals surface area contributed by atoms with E-state index in [4.69, 9.17) is 5.73 Å². The van der Waals surface area contributed by atoms with E-state index < -0.39 is 0 Å². The number of nitrogen functional groups attached to an aromatic ring is 1. The average molecular weight is 429 g/mol. The Morgan fingerprint density at radius 2 is 1.21 bits per heavy atom. The van der Waals surface area contributed by atoms with E-state index in [1.807, 2.05) is 12.1 Å². The lowest BCUT2D eigenvalue weighted by Crippen LogP contribution is -2.35.